The van der Waals surface area contributed by atoms with E-state index < -0.39 is 0 Å². The molecule has 1 atom stereocenters. The maximum atomic E-state index is 12.0. The van der Waals surface area contributed by atoms with E-state index >= 15 is 0 Å². The number of carbonyl (C=O) groups is 1. The highest BCUT2D eigenvalue weighted by Crippen LogP contribution is 2.20. The van der Waals surface area contributed by atoms with Gasteiger partial charge in [0.1, 0.15) is 0 Å². The first-order chi connectivity index (χ1) is 9.13. The Labute approximate surface area is 113 Å². The number of nitrogens with two attached hydrogens (primary N) is 1. The van der Waals surface area contributed by atoms with Crippen LogP contribution in [0.4, 0.5) is 0 Å². The van der Waals surface area contributed by atoms with E-state index in [1.165, 1.54) is 0 Å². The molecule has 100 valence electrons. The number of benzene rings is 1. The lowest BCUT2D eigenvalue weighted by Crippen LogP contribution is -2.35. The first kappa shape index (κ1) is 13.5. The first-order valence-corrected chi connectivity index (χ1v) is 6.36. The van der Waals surface area contributed by atoms with E-state index in [0.717, 1.165) is 16.3 Å². The van der Waals surface area contributed by atoms with Crippen LogP contribution in [-0.4, -0.2) is 36.4 Å². The van der Waals surface area contributed by atoms with Crippen LogP contribution in [0.1, 0.15) is 5.56 Å². The van der Waals surface area contributed by atoms with Crippen LogP contribution in [-0.2, 0) is 11.2 Å². The molecule has 1 heterocycles. The molecule has 1 unspecified atom stereocenters. The van der Waals surface area contributed by atoms with E-state index in [9.17, 15) is 4.79 Å². The van der Waals surface area contributed by atoms with Crippen molar-refractivity contribution in [3.05, 3.63) is 42.2 Å². The summed E-state index contributed by atoms with van der Waals surface area (Å²) in [6.45, 7) is 0.347. The van der Waals surface area contributed by atoms with Gasteiger partial charge in [0.15, 0.2) is 0 Å². The maximum absolute atomic E-state index is 12.0. The quantitative estimate of drug-likeness (QED) is 0.901. The van der Waals surface area contributed by atoms with Crippen molar-refractivity contribution < 1.29 is 4.79 Å². The summed E-state index contributed by atoms with van der Waals surface area (Å²) < 4.78 is 0. The molecule has 0 aliphatic heterocycles. The molecule has 4 nitrogen and oxygen atoms in total. The van der Waals surface area contributed by atoms with Gasteiger partial charge >= 0.3 is 0 Å². The zero-order chi connectivity index (χ0) is 13.8. The Morgan fingerprint density at radius 3 is 2.74 bits per heavy atom. The third-order valence-electron chi connectivity index (χ3n) is 3.29. The molecule has 0 aliphatic rings. The Balaban J connectivity index is 2.32. The van der Waals surface area contributed by atoms with Crippen LogP contribution in [0.15, 0.2) is 36.7 Å². The van der Waals surface area contributed by atoms with Gasteiger partial charge < -0.3 is 10.6 Å². The van der Waals surface area contributed by atoms with Gasteiger partial charge in [-0.05, 0) is 17.4 Å². The summed E-state index contributed by atoms with van der Waals surface area (Å²) in [7, 11) is 3.51. The van der Waals surface area contributed by atoms with Crippen LogP contribution in [0.5, 0.6) is 0 Å². The Kier molecular flexibility index (Phi) is 4.12. The minimum Gasteiger partial charge on any atom is -0.349 e. The molecule has 1 amide bonds. The summed E-state index contributed by atoms with van der Waals surface area (Å²) in [6.07, 6.45) is 4.29. The lowest BCUT2D eigenvalue weighted by atomic mass is 9.96. The average molecular weight is 257 g/mol. The normalized spacial score (nSPS) is 12.4. The standard InChI is InChI=1S/C15H19N3O/c1-18(2)15(19)12(8-16)7-13-10-17-9-11-5-3-4-6-14(11)13/h3-6,9-10,12H,7-8,16H2,1-2H3. The highest BCUT2D eigenvalue weighted by Gasteiger charge is 2.20. The summed E-state index contributed by atoms with van der Waals surface area (Å²) in [5.41, 5.74) is 6.81. The number of hydrogen-bond acceptors (Lipinski definition) is 3. The van der Waals surface area contributed by atoms with Gasteiger partial charge in [-0.25, -0.2) is 0 Å². The Morgan fingerprint density at radius 2 is 2.05 bits per heavy atom. The van der Waals surface area contributed by atoms with Gasteiger partial charge in [-0.1, -0.05) is 24.3 Å². The van der Waals surface area contributed by atoms with Gasteiger partial charge in [0, 0.05) is 38.4 Å². The number of fused-ring (bicyclic) bond motifs is 1. The van der Waals surface area contributed by atoms with Gasteiger partial charge in [0.05, 0.1) is 5.92 Å². The van der Waals surface area contributed by atoms with Gasteiger partial charge in [-0.15, -0.1) is 0 Å². The molecule has 1 aromatic carbocycles. The van der Waals surface area contributed by atoms with Gasteiger partial charge in [0.25, 0.3) is 0 Å². The fourth-order valence-electron chi connectivity index (χ4n) is 2.24. The molecule has 1 aromatic heterocycles. The number of aromatic nitrogens is 1. The second kappa shape index (κ2) is 5.80. The molecule has 4 heteroatoms. The minimum absolute atomic E-state index is 0.0652. The van der Waals surface area contributed by atoms with E-state index in [4.69, 9.17) is 5.73 Å². The van der Waals surface area contributed by atoms with Crippen molar-refractivity contribution in [1.82, 2.24) is 9.88 Å². The molecule has 0 radical (unpaired) electrons. The van der Waals surface area contributed by atoms with Crippen molar-refractivity contribution in [1.29, 1.82) is 0 Å². The molecule has 2 rings (SSSR count). The molecule has 0 saturated carbocycles. The summed E-state index contributed by atoms with van der Waals surface area (Å²) >= 11 is 0. The average Bonchev–Trinajstić information content (AvgIpc) is 2.44. The molecule has 0 aliphatic carbocycles. The minimum atomic E-state index is -0.192. The molecular formula is C15H19N3O. The van der Waals surface area contributed by atoms with E-state index in [1.807, 2.05) is 30.6 Å². The molecule has 0 spiro atoms. The SMILES string of the molecule is CN(C)C(=O)C(CN)Cc1cncc2ccccc12. The lowest BCUT2D eigenvalue weighted by Gasteiger charge is -2.19. The Hall–Kier alpha value is -1.94. The lowest BCUT2D eigenvalue weighted by molar-refractivity contribution is -0.132. The number of carbonyl (C=O) groups excluding carboxylic acids is 1. The monoisotopic (exact) mass is 257 g/mol. The summed E-state index contributed by atoms with van der Waals surface area (Å²) in [6, 6.07) is 8.06. The number of nitrogens with zero attached hydrogens (tertiary/aromatic N) is 2. The smallest absolute Gasteiger partial charge is 0.226 e. The molecule has 0 fully saturated rings. The number of hydrogen-bond donors (Lipinski definition) is 1. The zero-order valence-electron chi connectivity index (χ0n) is 11.3. The third-order valence-corrected chi connectivity index (χ3v) is 3.29. The molecule has 2 aromatic rings. The van der Waals surface area contributed by atoms with Crippen LogP contribution in [0, 0.1) is 5.92 Å². The number of pyridine rings is 1. The van der Waals surface area contributed by atoms with Crippen molar-refractivity contribution in [2.45, 2.75) is 6.42 Å². The molecule has 0 saturated heterocycles. The number of amides is 1. The van der Waals surface area contributed by atoms with Crippen molar-refractivity contribution in [2.24, 2.45) is 11.7 Å². The van der Waals surface area contributed by atoms with Crippen LogP contribution in [0.3, 0.4) is 0 Å². The highest BCUT2D eigenvalue weighted by molar-refractivity contribution is 5.86. The highest BCUT2D eigenvalue weighted by atomic mass is 16.2. The zero-order valence-corrected chi connectivity index (χ0v) is 11.3. The van der Waals surface area contributed by atoms with Crippen LogP contribution >= 0.6 is 0 Å². The maximum Gasteiger partial charge on any atom is 0.226 e. The summed E-state index contributed by atoms with van der Waals surface area (Å²) in [4.78, 5) is 17.9. The largest absolute Gasteiger partial charge is 0.349 e. The van der Waals surface area contributed by atoms with E-state index in [-0.39, 0.29) is 11.8 Å². The van der Waals surface area contributed by atoms with Crippen LogP contribution < -0.4 is 5.73 Å². The van der Waals surface area contributed by atoms with Crippen LogP contribution in [0.2, 0.25) is 0 Å². The van der Waals surface area contributed by atoms with Crippen molar-refractivity contribution in [3.63, 3.8) is 0 Å². The Bertz CT molecular complexity index is 575. The van der Waals surface area contributed by atoms with Crippen LogP contribution in [0.25, 0.3) is 10.8 Å². The molecular weight excluding hydrogens is 238 g/mol. The van der Waals surface area contributed by atoms with Crippen molar-refractivity contribution in [2.75, 3.05) is 20.6 Å². The predicted molar refractivity (Wildman–Crippen MR) is 76.7 cm³/mol. The van der Waals surface area contributed by atoms with Crippen molar-refractivity contribution >= 4 is 16.7 Å². The summed E-state index contributed by atoms with van der Waals surface area (Å²) in [5, 5.41) is 2.23. The van der Waals surface area contributed by atoms with E-state index in [2.05, 4.69) is 11.1 Å². The Morgan fingerprint density at radius 1 is 1.32 bits per heavy atom. The van der Waals surface area contributed by atoms with E-state index in [0.29, 0.717) is 13.0 Å². The topological polar surface area (TPSA) is 59.2 Å². The molecule has 19 heavy (non-hydrogen) atoms. The fourth-order valence-corrected chi connectivity index (χ4v) is 2.24. The second-order valence-corrected chi connectivity index (χ2v) is 4.89. The predicted octanol–water partition coefficient (Wildman–Crippen LogP) is 1.44. The molecule has 2 N–H and O–H groups in total. The number of rotatable bonds is 4. The second-order valence-electron chi connectivity index (χ2n) is 4.89. The van der Waals surface area contributed by atoms with Gasteiger partial charge in [-0.3, -0.25) is 9.78 Å². The molecule has 0 bridgehead atoms. The van der Waals surface area contributed by atoms with E-state index in [1.54, 1.807) is 19.0 Å². The van der Waals surface area contributed by atoms with Gasteiger partial charge in [0.2, 0.25) is 5.91 Å². The third kappa shape index (κ3) is 2.90. The first-order valence-electron chi connectivity index (χ1n) is 6.36. The van der Waals surface area contributed by atoms with Gasteiger partial charge in [-0.2, -0.15) is 0 Å². The summed E-state index contributed by atoms with van der Waals surface area (Å²) in [5.74, 6) is -0.127. The van der Waals surface area contributed by atoms with Crippen molar-refractivity contribution in [3.8, 4) is 0 Å². The fraction of sp³-hybridized carbons (Fsp3) is 0.333.